The minimum atomic E-state index is -4.33. The maximum absolute atomic E-state index is 14.2. The van der Waals surface area contributed by atoms with Gasteiger partial charge in [-0.25, -0.2) is 21.6 Å². The van der Waals surface area contributed by atoms with Gasteiger partial charge in [-0.3, -0.25) is 9.59 Å². The molecular formula is C16H14F3NO4S. The van der Waals surface area contributed by atoms with Gasteiger partial charge >= 0.3 is 0 Å². The van der Waals surface area contributed by atoms with Crippen LogP contribution in [0, 0.1) is 47.0 Å². The zero-order valence-corrected chi connectivity index (χ0v) is 14.4. The minimum Gasteiger partial charge on any atom is -0.297 e. The van der Waals surface area contributed by atoms with Crippen molar-refractivity contribution in [1.82, 2.24) is 0 Å². The summed E-state index contributed by atoms with van der Waals surface area (Å²) >= 11 is 0. The monoisotopic (exact) mass is 373 g/mol. The summed E-state index contributed by atoms with van der Waals surface area (Å²) in [7, 11) is -4.33. The lowest BCUT2D eigenvalue weighted by molar-refractivity contribution is -0.124. The number of rotatable bonds is 5. The van der Waals surface area contributed by atoms with Crippen LogP contribution >= 0.6 is 0 Å². The van der Waals surface area contributed by atoms with Crippen LogP contribution in [0.5, 0.6) is 0 Å². The summed E-state index contributed by atoms with van der Waals surface area (Å²) in [5.74, 6) is -10.0. The first-order valence-corrected chi connectivity index (χ1v) is 9.11. The number of carbonyl (C=O) groups is 2. The van der Waals surface area contributed by atoms with Gasteiger partial charge in [0, 0.05) is 11.7 Å². The van der Waals surface area contributed by atoms with E-state index in [-0.39, 0.29) is 0 Å². The molecule has 2 rings (SSSR count). The van der Waals surface area contributed by atoms with Gasteiger partial charge in [0.2, 0.25) is 0 Å². The number of nitrogens with zero attached hydrogens (tertiary/aromatic N) is 1. The van der Waals surface area contributed by atoms with Crippen molar-refractivity contribution in [2.75, 3.05) is 6.26 Å². The van der Waals surface area contributed by atoms with Crippen LogP contribution in [0.4, 0.5) is 13.2 Å². The Kier molecular flexibility index (Phi) is 4.55. The molecule has 0 saturated heterocycles. The number of ketones is 2. The maximum atomic E-state index is 14.2. The number of carbonyl (C=O) groups excluding carboxylic acids is 2. The van der Waals surface area contributed by atoms with Gasteiger partial charge in [0.1, 0.15) is 4.90 Å². The molecule has 25 heavy (non-hydrogen) atoms. The van der Waals surface area contributed by atoms with Crippen molar-refractivity contribution in [1.29, 1.82) is 5.26 Å². The molecule has 1 atom stereocenters. The van der Waals surface area contributed by atoms with Crippen LogP contribution in [-0.2, 0) is 14.6 Å². The summed E-state index contributed by atoms with van der Waals surface area (Å²) in [6.07, 6.45) is 1.47. The van der Waals surface area contributed by atoms with Gasteiger partial charge in [0.15, 0.2) is 44.8 Å². The average molecular weight is 373 g/mol. The van der Waals surface area contributed by atoms with Gasteiger partial charge in [-0.05, 0) is 25.3 Å². The number of Topliss-reactive ketones (excluding diaryl/α,β-unsaturated/α-hetero) is 2. The lowest BCUT2D eigenvalue weighted by Gasteiger charge is -2.16. The molecule has 0 radical (unpaired) electrons. The van der Waals surface area contributed by atoms with Gasteiger partial charge < -0.3 is 0 Å². The number of hydrogen-bond donors (Lipinski definition) is 0. The summed E-state index contributed by atoms with van der Waals surface area (Å²) in [6, 6.07) is 1.46. The van der Waals surface area contributed by atoms with Gasteiger partial charge in [-0.1, -0.05) is 6.92 Å². The van der Waals surface area contributed by atoms with E-state index in [0.29, 0.717) is 19.1 Å². The molecule has 1 fully saturated rings. The fourth-order valence-electron chi connectivity index (χ4n) is 2.65. The average Bonchev–Trinajstić information content (AvgIpc) is 3.23. The smallest absolute Gasteiger partial charge is 0.196 e. The fourth-order valence-corrected chi connectivity index (χ4v) is 3.72. The van der Waals surface area contributed by atoms with E-state index in [4.69, 9.17) is 5.26 Å². The van der Waals surface area contributed by atoms with E-state index in [0.717, 1.165) is 6.92 Å². The molecule has 1 saturated carbocycles. The van der Waals surface area contributed by atoms with Crippen LogP contribution in [0.3, 0.4) is 0 Å². The standard InChI is InChI=1S/C16H14F3NO4S/c1-7-9(10(17)11(18)12(19)14(7)25(3,23)24)13(21)8(6-20)15(22)16(2)4-5-16/h8H,4-5H2,1-3H3. The molecule has 5 nitrogen and oxygen atoms in total. The van der Waals surface area contributed by atoms with Gasteiger partial charge in [-0.15, -0.1) is 0 Å². The predicted molar refractivity (Wildman–Crippen MR) is 79.9 cm³/mol. The molecular weight excluding hydrogens is 359 g/mol. The second-order valence-corrected chi connectivity index (χ2v) is 8.35. The van der Waals surface area contributed by atoms with Crippen LogP contribution in [0.1, 0.15) is 35.7 Å². The molecule has 0 amide bonds. The molecule has 9 heteroatoms. The second-order valence-electron chi connectivity index (χ2n) is 6.39. The first-order chi connectivity index (χ1) is 11.4. The molecule has 1 aromatic carbocycles. The van der Waals surface area contributed by atoms with E-state index in [1.807, 2.05) is 0 Å². The van der Waals surface area contributed by atoms with Crippen molar-refractivity contribution in [2.24, 2.45) is 11.3 Å². The van der Waals surface area contributed by atoms with E-state index in [2.05, 4.69) is 0 Å². The predicted octanol–water partition coefficient (Wildman–Crippen LogP) is 2.51. The van der Waals surface area contributed by atoms with Crippen LogP contribution in [0.25, 0.3) is 0 Å². The van der Waals surface area contributed by atoms with Crippen molar-refractivity contribution in [3.63, 3.8) is 0 Å². The van der Waals surface area contributed by atoms with E-state index >= 15 is 0 Å². The largest absolute Gasteiger partial charge is 0.297 e. The Morgan fingerprint density at radius 3 is 2.08 bits per heavy atom. The zero-order valence-electron chi connectivity index (χ0n) is 13.6. The molecule has 0 bridgehead atoms. The Hall–Kier alpha value is -2.21. The Balaban J connectivity index is 2.70. The Labute approximate surface area is 142 Å². The zero-order chi connectivity index (χ0) is 19.3. The van der Waals surface area contributed by atoms with Gasteiger partial charge in [0.25, 0.3) is 0 Å². The number of nitriles is 1. The SMILES string of the molecule is Cc1c(C(=O)C(C#N)C(=O)C2(C)CC2)c(F)c(F)c(F)c1S(C)(=O)=O. The summed E-state index contributed by atoms with van der Waals surface area (Å²) < 4.78 is 65.2. The first-order valence-electron chi connectivity index (χ1n) is 7.22. The molecule has 1 aromatic rings. The summed E-state index contributed by atoms with van der Waals surface area (Å²) in [5.41, 5.74) is -2.65. The van der Waals surface area contributed by atoms with Crippen LogP contribution in [-0.4, -0.2) is 26.2 Å². The molecule has 0 heterocycles. The summed E-state index contributed by atoms with van der Waals surface area (Å²) in [6.45, 7) is 2.45. The van der Waals surface area contributed by atoms with Crippen molar-refractivity contribution in [2.45, 2.75) is 31.6 Å². The van der Waals surface area contributed by atoms with Crippen LogP contribution in [0.2, 0.25) is 0 Å². The maximum Gasteiger partial charge on any atom is 0.196 e. The summed E-state index contributed by atoms with van der Waals surface area (Å²) in [4.78, 5) is 23.6. The lowest BCUT2D eigenvalue weighted by Crippen LogP contribution is -2.30. The number of halogens is 3. The molecule has 0 aromatic heterocycles. The molecule has 0 N–H and O–H groups in total. The molecule has 0 aliphatic heterocycles. The third-order valence-electron chi connectivity index (χ3n) is 4.39. The third kappa shape index (κ3) is 3.06. The Bertz CT molecular complexity index is 943. The quantitative estimate of drug-likeness (QED) is 0.342. The molecule has 0 spiro atoms. The highest BCUT2D eigenvalue weighted by molar-refractivity contribution is 7.90. The van der Waals surface area contributed by atoms with Gasteiger partial charge in [0.05, 0.1) is 11.6 Å². The Morgan fingerprint density at radius 1 is 1.16 bits per heavy atom. The molecule has 1 aliphatic carbocycles. The normalized spacial score (nSPS) is 16.8. The number of sulfone groups is 1. The van der Waals surface area contributed by atoms with Crippen molar-refractivity contribution < 1.29 is 31.2 Å². The van der Waals surface area contributed by atoms with E-state index < -0.39 is 66.2 Å². The van der Waals surface area contributed by atoms with Crippen molar-refractivity contribution in [3.8, 4) is 6.07 Å². The van der Waals surface area contributed by atoms with E-state index in [1.165, 1.54) is 13.0 Å². The highest BCUT2D eigenvalue weighted by Crippen LogP contribution is 2.48. The Morgan fingerprint density at radius 2 is 1.68 bits per heavy atom. The fraction of sp³-hybridized carbons (Fsp3) is 0.438. The molecule has 1 aliphatic rings. The van der Waals surface area contributed by atoms with Crippen molar-refractivity contribution in [3.05, 3.63) is 28.6 Å². The first kappa shape index (κ1) is 19.1. The second kappa shape index (κ2) is 5.95. The summed E-state index contributed by atoms with van der Waals surface area (Å²) in [5, 5.41) is 9.15. The van der Waals surface area contributed by atoms with Crippen molar-refractivity contribution >= 4 is 21.4 Å². The number of hydrogen-bond acceptors (Lipinski definition) is 5. The highest BCUT2D eigenvalue weighted by Gasteiger charge is 2.50. The molecule has 134 valence electrons. The topological polar surface area (TPSA) is 92.1 Å². The minimum absolute atomic E-state index is 0.450. The lowest BCUT2D eigenvalue weighted by atomic mass is 9.85. The van der Waals surface area contributed by atoms with E-state index in [9.17, 15) is 31.2 Å². The number of benzene rings is 1. The molecule has 1 unspecified atom stereocenters. The van der Waals surface area contributed by atoms with Gasteiger partial charge in [-0.2, -0.15) is 5.26 Å². The van der Waals surface area contributed by atoms with E-state index in [1.54, 1.807) is 0 Å². The van der Waals surface area contributed by atoms with Crippen LogP contribution in [0.15, 0.2) is 4.90 Å². The third-order valence-corrected chi connectivity index (χ3v) is 5.61. The van der Waals surface area contributed by atoms with Crippen LogP contribution < -0.4 is 0 Å². The highest BCUT2D eigenvalue weighted by atomic mass is 32.2.